The molecule has 2 aliphatic heterocycles. The minimum Gasteiger partial charge on any atom is -0.448 e. The van der Waals surface area contributed by atoms with Crippen molar-refractivity contribution in [3.05, 3.63) is 53.7 Å². The van der Waals surface area contributed by atoms with Crippen LogP contribution < -0.4 is 0 Å². The third kappa shape index (κ3) is 5.18. The number of oxazole rings is 1. The highest BCUT2D eigenvalue weighted by Crippen LogP contribution is 2.49. The summed E-state index contributed by atoms with van der Waals surface area (Å²) in [6.45, 7) is 0.779. The van der Waals surface area contributed by atoms with E-state index < -0.39 is 0 Å². The summed E-state index contributed by atoms with van der Waals surface area (Å²) in [5.74, 6) is 2.03. The molecule has 2 aromatic rings. The van der Waals surface area contributed by atoms with Crippen molar-refractivity contribution in [3.8, 4) is 0 Å². The Morgan fingerprint density at radius 2 is 1.82 bits per heavy atom. The zero-order valence-electron chi connectivity index (χ0n) is 20.0. The lowest BCUT2D eigenvalue weighted by Gasteiger charge is -2.25. The number of carbonyl (C=O) groups excluding carboxylic acids is 1. The van der Waals surface area contributed by atoms with Gasteiger partial charge in [-0.15, -0.1) is 0 Å². The number of benzene rings is 1. The van der Waals surface area contributed by atoms with E-state index in [0.717, 1.165) is 38.1 Å². The summed E-state index contributed by atoms with van der Waals surface area (Å²) in [6, 6.07) is 10.6. The van der Waals surface area contributed by atoms with Crippen LogP contribution in [0.4, 0.5) is 0 Å². The Morgan fingerprint density at radius 1 is 1.03 bits per heavy atom. The fraction of sp³-hybridized carbons (Fsp3) is 0.643. The number of amides is 1. The van der Waals surface area contributed by atoms with E-state index in [4.69, 9.17) is 9.15 Å². The van der Waals surface area contributed by atoms with Crippen molar-refractivity contribution in [1.82, 2.24) is 9.88 Å². The van der Waals surface area contributed by atoms with Crippen LogP contribution in [0.1, 0.15) is 92.1 Å². The molecule has 1 aromatic carbocycles. The first-order chi connectivity index (χ1) is 16.2. The lowest BCUT2D eigenvalue weighted by Crippen LogP contribution is -2.29. The largest absolute Gasteiger partial charge is 0.448 e. The molecule has 2 bridgehead atoms. The zero-order chi connectivity index (χ0) is 22.6. The number of unbranched alkanes of at least 4 members (excludes halogenated alkanes) is 1. The predicted octanol–water partition coefficient (Wildman–Crippen LogP) is 6.00. The Labute approximate surface area is 197 Å². The van der Waals surface area contributed by atoms with Crippen molar-refractivity contribution in [2.24, 2.45) is 11.8 Å². The third-order valence-corrected chi connectivity index (χ3v) is 8.19. The van der Waals surface area contributed by atoms with E-state index in [1.807, 2.05) is 7.05 Å². The predicted molar refractivity (Wildman–Crippen MR) is 128 cm³/mol. The summed E-state index contributed by atoms with van der Waals surface area (Å²) in [7, 11) is 1.89. The SMILES string of the molecule is CN(CCCCC1CCCCC1)C(=O)c1coc([C@H]2[C@@H](Cc3ccccc3)[C@@H]3CC[C@H]2O3)n1. The van der Waals surface area contributed by atoms with E-state index in [1.165, 1.54) is 50.5 Å². The van der Waals surface area contributed by atoms with Gasteiger partial charge in [0.1, 0.15) is 6.26 Å². The zero-order valence-corrected chi connectivity index (χ0v) is 20.0. The second-order valence-corrected chi connectivity index (χ2v) is 10.5. The molecule has 4 atom stereocenters. The number of hydrogen-bond donors (Lipinski definition) is 0. The van der Waals surface area contributed by atoms with Crippen LogP contribution in [0.2, 0.25) is 0 Å². The van der Waals surface area contributed by atoms with Crippen LogP contribution in [0.5, 0.6) is 0 Å². The first-order valence-corrected chi connectivity index (χ1v) is 13.1. The van der Waals surface area contributed by atoms with Gasteiger partial charge in [-0.3, -0.25) is 4.79 Å². The van der Waals surface area contributed by atoms with E-state index in [9.17, 15) is 4.79 Å². The lowest BCUT2D eigenvalue weighted by atomic mass is 9.76. The van der Waals surface area contributed by atoms with Crippen molar-refractivity contribution < 1.29 is 13.9 Å². The third-order valence-electron chi connectivity index (χ3n) is 8.19. The Hall–Kier alpha value is -2.14. The van der Waals surface area contributed by atoms with E-state index in [-0.39, 0.29) is 24.0 Å². The van der Waals surface area contributed by atoms with Crippen molar-refractivity contribution in [1.29, 1.82) is 0 Å². The number of carbonyl (C=O) groups is 1. The van der Waals surface area contributed by atoms with Crippen LogP contribution >= 0.6 is 0 Å². The van der Waals surface area contributed by atoms with Gasteiger partial charge in [-0.2, -0.15) is 0 Å². The van der Waals surface area contributed by atoms with Gasteiger partial charge in [0.2, 0.25) is 5.89 Å². The lowest BCUT2D eigenvalue weighted by molar-refractivity contribution is 0.0785. The highest BCUT2D eigenvalue weighted by Gasteiger charge is 2.51. The number of ether oxygens (including phenoxy) is 1. The molecule has 3 heterocycles. The normalized spacial score (nSPS) is 27.2. The van der Waals surface area contributed by atoms with Gasteiger partial charge in [-0.25, -0.2) is 4.98 Å². The van der Waals surface area contributed by atoms with E-state index in [2.05, 4.69) is 35.3 Å². The number of aromatic nitrogens is 1. The van der Waals surface area contributed by atoms with Crippen LogP contribution in [0.3, 0.4) is 0 Å². The van der Waals surface area contributed by atoms with Gasteiger partial charge in [0.15, 0.2) is 5.69 Å². The summed E-state index contributed by atoms with van der Waals surface area (Å²) < 4.78 is 12.2. The molecular formula is C28H38N2O3. The molecule has 0 spiro atoms. The average molecular weight is 451 g/mol. The molecule has 1 amide bonds. The summed E-state index contributed by atoms with van der Waals surface area (Å²) in [5, 5.41) is 0. The molecule has 0 radical (unpaired) electrons. The Bertz CT molecular complexity index is 905. The molecule has 0 unspecified atom stereocenters. The smallest absolute Gasteiger partial charge is 0.275 e. The van der Waals surface area contributed by atoms with Gasteiger partial charge in [0.05, 0.1) is 18.1 Å². The monoisotopic (exact) mass is 450 g/mol. The molecule has 1 aliphatic carbocycles. The molecule has 1 aromatic heterocycles. The highest BCUT2D eigenvalue weighted by molar-refractivity contribution is 5.91. The second kappa shape index (κ2) is 10.4. The molecule has 3 aliphatic rings. The number of rotatable bonds is 9. The van der Waals surface area contributed by atoms with Crippen LogP contribution in [0, 0.1) is 11.8 Å². The van der Waals surface area contributed by atoms with Crippen molar-refractivity contribution in [3.63, 3.8) is 0 Å². The highest BCUT2D eigenvalue weighted by atomic mass is 16.5. The minimum absolute atomic E-state index is 0.0358. The Balaban J connectivity index is 1.17. The van der Waals surface area contributed by atoms with Crippen LogP contribution in [0.15, 0.2) is 41.0 Å². The van der Waals surface area contributed by atoms with Gasteiger partial charge >= 0.3 is 0 Å². The quantitative estimate of drug-likeness (QED) is 0.440. The van der Waals surface area contributed by atoms with E-state index >= 15 is 0 Å². The number of hydrogen-bond acceptors (Lipinski definition) is 4. The van der Waals surface area contributed by atoms with E-state index in [1.54, 1.807) is 11.2 Å². The van der Waals surface area contributed by atoms with Crippen LogP contribution in [-0.4, -0.2) is 41.6 Å². The maximum atomic E-state index is 13.0. The first kappa shape index (κ1) is 22.6. The van der Waals surface area contributed by atoms with Crippen molar-refractivity contribution >= 4 is 5.91 Å². The first-order valence-electron chi connectivity index (χ1n) is 13.1. The Morgan fingerprint density at radius 3 is 2.64 bits per heavy atom. The Kier molecular flexibility index (Phi) is 7.15. The average Bonchev–Trinajstić information content (AvgIpc) is 3.59. The van der Waals surface area contributed by atoms with Gasteiger partial charge in [0.25, 0.3) is 5.91 Å². The molecule has 5 rings (SSSR count). The number of nitrogens with zero attached hydrogens (tertiary/aromatic N) is 2. The molecule has 0 N–H and O–H groups in total. The van der Waals surface area contributed by atoms with Gasteiger partial charge < -0.3 is 14.1 Å². The summed E-state index contributed by atoms with van der Waals surface area (Å²) in [6.07, 6.45) is 15.7. The van der Waals surface area contributed by atoms with Crippen molar-refractivity contribution in [2.45, 2.75) is 88.8 Å². The molecule has 5 heteroatoms. The molecule has 5 nitrogen and oxygen atoms in total. The van der Waals surface area contributed by atoms with Gasteiger partial charge in [-0.1, -0.05) is 75.3 Å². The molecular weight excluding hydrogens is 412 g/mol. The summed E-state index contributed by atoms with van der Waals surface area (Å²) in [4.78, 5) is 19.5. The maximum absolute atomic E-state index is 13.0. The summed E-state index contributed by atoms with van der Waals surface area (Å²) >= 11 is 0. The molecule has 33 heavy (non-hydrogen) atoms. The molecule has 1 saturated carbocycles. The number of fused-ring (bicyclic) bond motifs is 2. The second-order valence-electron chi connectivity index (χ2n) is 10.5. The van der Waals surface area contributed by atoms with Crippen LogP contribution in [-0.2, 0) is 11.2 Å². The van der Waals surface area contributed by atoms with Gasteiger partial charge in [-0.05, 0) is 37.2 Å². The minimum atomic E-state index is -0.0358. The fourth-order valence-electron chi connectivity index (χ4n) is 6.36. The maximum Gasteiger partial charge on any atom is 0.275 e. The van der Waals surface area contributed by atoms with Crippen LogP contribution in [0.25, 0.3) is 0 Å². The standard InChI is InChI=1S/C28H38N2O3/c1-30(17-9-8-12-20-10-4-2-5-11-20)28(31)23-19-32-27(29-23)26-22(24-15-16-25(26)33-24)18-21-13-6-3-7-14-21/h3,6-7,13-14,19-20,22,24-26H,2,4-5,8-12,15-18H2,1H3/t22-,24-,25+,26-/m0/s1. The van der Waals surface area contributed by atoms with Gasteiger partial charge in [0, 0.05) is 19.5 Å². The van der Waals surface area contributed by atoms with E-state index in [0.29, 0.717) is 17.5 Å². The summed E-state index contributed by atoms with van der Waals surface area (Å²) in [5.41, 5.74) is 1.75. The topological polar surface area (TPSA) is 55.6 Å². The molecule has 2 saturated heterocycles. The molecule has 178 valence electrons. The molecule has 3 fully saturated rings. The van der Waals surface area contributed by atoms with Crippen molar-refractivity contribution in [2.75, 3.05) is 13.6 Å². The fourth-order valence-corrected chi connectivity index (χ4v) is 6.36.